The van der Waals surface area contributed by atoms with Crippen LogP contribution in [0, 0.1) is 10.1 Å². The van der Waals surface area contributed by atoms with Crippen LogP contribution in [0.2, 0.25) is 0 Å². The van der Waals surface area contributed by atoms with E-state index in [2.05, 4.69) is 0 Å². The van der Waals surface area contributed by atoms with Crippen LogP contribution >= 0.6 is 11.6 Å². The molecule has 0 radical (unpaired) electrons. The summed E-state index contributed by atoms with van der Waals surface area (Å²) >= 11 is 5.84. The summed E-state index contributed by atoms with van der Waals surface area (Å²) in [6.45, 7) is -0.428. The normalized spacial score (nSPS) is 16.4. The molecular formula is C16H9ClF3N2O5-. The van der Waals surface area contributed by atoms with Gasteiger partial charge in [0.1, 0.15) is 0 Å². The minimum absolute atomic E-state index is 0.0279. The monoisotopic (exact) mass is 401 g/mol. The number of hydrogen-bond acceptors (Lipinski definition) is 5. The lowest BCUT2D eigenvalue weighted by Crippen LogP contribution is -2.40. The van der Waals surface area contributed by atoms with Crippen molar-refractivity contribution in [3.05, 3.63) is 45.5 Å². The number of rotatable bonds is 3. The molecule has 142 valence electrons. The first-order valence-corrected chi connectivity index (χ1v) is 8.00. The van der Waals surface area contributed by atoms with Gasteiger partial charge in [-0.1, -0.05) is 6.07 Å². The van der Waals surface area contributed by atoms with Crippen molar-refractivity contribution >= 4 is 45.6 Å². The molecule has 1 heterocycles. The Hall–Kier alpha value is -2.88. The molecule has 0 N–H and O–H groups in total. The lowest BCUT2D eigenvalue weighted by Gasteiger charge is -2.19. The second kappa shape index (κ2) is 6.38. The summed E-state index contributed by atoms with van der Waals surface area (Å²) in [6.07, 6.45) is -5.19. The van der Waals surface area contributed by atoms with Gasteiger partial charge in [0.05, 0.1) is 22.0 Å². The van der Waals surface area contributed by atoms with Crippen molar-refractivity contribution in [1.82, 2.24) is 0 Å². The van der Waals surface area contributed by atoms with Crippen LogP contribution in [-0.2, 0) is 4.79 Å². The highest BCUT2D eigenvalue weighted by Gasteiger charge is 2.47. The van der Waals surface area contributed by atoms with Gasteiger partial charge in [0, 0.05) is 24.4 Å². The van der Waals surface area contributed by atoms with E-state index in [9.17, 15) is 38.0 Å². The first kappa shape index (κ1) is 18.9. The molecule has 0 saturated carbocycles. The fraction of sp³-hybridized carbons (Fsp3) is 0.250. The Labute approximate surface area is 154 Å². The molecular weight excluding hydrogens is 393 g/mol. The van der Waals surface area contributed by atoms with Crippen LogP contribution in [0.4, 0.5) is 24.5 Å². The summed E-state index contributed by atoms with van der Waals surface area (Å²) in [4.78, 5) is 33.9. The molecule has 0 spiro atoms. The molecule has 1 atom stereocenters. The number of carboxylic acids is 1. The van der Waals surface area contributed by atoms with Crippen molar-refractivity contribution in [3.63, 3.8) is 0 Å². The molecule has 1 amide bonds. The number of benzene rings is 2. The number of alkyl halides is 4. The third-order valence-corrected chi connectivity index (χ3v) is 4.72. The Morgan fingerprint density at radius 3 is 2.44 bits per heavy atom. The zero-order valence-corrected chi connectivity index (χ0v) is 14.0. The van der Waals surface area contributed by atoms with Gasteiger partial charge in [0.15, 0.2) is 0 Å². The number of nitro groups is 1. The van der Waals surface area contributed by atoms with Crippen molar-refractivity contribution in [2.45, 2.75) is 12.1 Å². The number of anilines is 1. The maximum atomic E-state index is 12.9. The topological polar surface area (TPSA) is 104 Å². The number of halogens is 4. The predicted octanol–water partition coefficient (Wildman–Crippen LogP) is 2.34. The quantitative estimate of drug-likeness (QED) is 0.446. The number of carboxylic acid groups (broad SMARTS) is 1. The molecule has 0 bridgehead atoms. The van der Waals surface area contributed by atoms with Gasteiger partial charge in [0.2, 0.25) is 0 Å². The molecule has 27 heavy (non-hydrogen) atoms. The van der Waals surface area contributed by atoms with Crippen LogP contribution in [0.15, 0.2) is 24.3 Å². The third kappa shape index (κ3) is 3.05. The summed E-state index contributed by atoms with van der Waals surface area (Å²) in [6, 6.07) is 4.24. The van der Waals surface area contributed by atoms with Crippen molar-refractivity contribution in [3.8, 4) is 0 Å². The number of hydrogen-bond donors (Lipinski definition) is 0. The predicted molar refractivity (Wildman–Crippen MR) is 86.8 cm³/mol. The third-order valence-electron chi connectivity index (χ3n) is 4.34. The van der Waals surface area contributed by atoms with E-state index < -0.39 is 41.1 Å². The van der Waals surface area contributed by atoms with Gasteiger partial charge in [0.25, 0.3) is 5.69 Å². The van der Waals surface area contributed by atoms with Crippen LogP contribution in [-0.4, -0.2) is 35.4 Å². The fourth-order valence-corrected chi connectivity index (χ4v) is 3.48. The molecule has 0 fully saturated rings. The van der Waals surface area contributed by atoms with Gasteiger partial charge in [-0.2, -0.15) is 13.2 Å². The van der Waals surface area contributed by atoms with Gasteiger partial charge in [-0.3, -0.25) is 14.9 Å². The molecule has 2 aromatic rings. The standard InChI is InChI=1S/C16H10ClF3N2O5/c17-5-8-6-21(15(25)16(18,19)20)12-4-11(22(26)27)9-2-1-7(14(23)24)3-10(9)13(8)12/h1-4,8H,5-6H2,(H,23,24)/p-1. The number of fused-ring (bicyclic) bond motifs is 3. The zero-order chi connectivity index (χ0) is 20.1. The van der Waals surface area contributed by atoms with Crippen molar-refractivity contribution in [1.29, 1.82) is 0 Å². The molecule has 1 aliphatic rings. The summed E-state index contributed by atoms with van der Waals surface area (Å²) in [5.74, 6) is -4.66. The molecule has 0 saturated heterocycles. The zero-order valence-electron chi connectivity index (χ0n) is 13.2. The SMILES string of the molecule is O=C([O-])c1ccc2c([N+](=O)[O-])cc3c(c2c1)C(CCl)CN3C(=O)C(F)(F)F. The first-order chi connectivity index (χ1) is 12.6. The van der Waals surface area contributed by atoms with Crippen LogP contribution in [0.3, 0.4) is 0 Å². The second-order valence-electron chi connectivity index (χ2n) is 5.90. The van der Waals surface area contributed by atoms with E-state index in [-0.39, 0.29) is 33.5 Å². The summed E-state index contributed by atoms with van der Waals surface area (Å²) < 4.78 is 38.8. The highest BCUT2D eigenvalue weighted by Crippen LogP contribution is 2.46. The van der Waals surface area contributed by atoms with E-state index in [1.165, 1.54) is 6.07 Å². The van der Waals surface area contributed by atoms with Gasteiger partial charge in [-0.25, -0.2) is 0 Å². The Bertz CT molecular complexity index is 992. The van der Waals surface area contributed by atoms with Crippen LogP contribution in [0.25, 0.3) is 10.8 Å². The van der Waals surface area contributed by atoms with E-state index in [1.54, 1.807) is 0 Å². The fourth-order valence-electron chi connectivity index (χ4n) is 3.23. The number of non-ortho nitro benzene ring substituents is 1. The minimum atomic E-state index is -5.19. The molecule has 1 unspecified atom stereocenters. The van der Waals surface area contributed by atoms with Gasteiger partial charge >= 0.3 is 12.1 Å². The highest BCUT2D eigenvalue weighted by molar-refractivity contribution is 6.19. The van der Waals surface area contributed by atoms with Crippen LogP contribution in [0.5, 0.6) is 0 Å². The number of carbonyl (C=O) groups excluding carboxylic acids is 2. The highest BCUT2D eigenvalue weighted by atomic mass is 35.5. The van der Waals surface area contributed by atoms with Crippen LogP contribution < -0.4 is 10.0 Å². The smallest absolute Gasteiger partial charge is 0.471 e. The maximum Gasteiger partial charge on any atom is 0.471 e. The maximum absolute atomic E-state index is 12.9. The summed E-state index contributed by atoms with van der Waals surface area (Å²) in [7, 11) is 0. The molecule has 2 aromatic carbocycles. The molecule has 7 nitrogen and oxygen atoms in total. The Kier molecular flexibility index (Phi) is 4.46. The molecule has 0 aromatic heterocycles. The number of nitro benzene ring substituents is 1. The second-order valence-corrected chi connectivity index (χ2v) is 6.21. The van der Waals surface area contributed by atoms with Crippen molar-refractivity contribution in [2.75, 3.05) is 17.3 Å². The average Bonchev–Trinajstić information content (AvgIpc) is 2.97. The number of amides is 1. The molecule has 1 aliphatic heterocycles. The van der Waals surface area contributed by atoms with E-state index in [1.807, 2.05) is 0 Å². The van der Waals surface area contributed by atoms with E-state index in [0.29, 0.717) is 4.90 Å². The van der Waals surface area contributed by atoms with Crippen molar-refractivity contribution < 1.29 is 32.8 Å². The average molecular weight is 402 g/mol. The molecule has 3 rings (SSSR count). The van der Waals surface area contributed by atoms with Gasteiger partial charge in [-0.05, 0) is 28.6 Å². The minimum Gasteiger partial charge on any atom is -0.545 e. The largest absolute Gasteiger partial charge is 0.545 e. The van der Waals surface area contributed by atoms with Crippen LogP contribution in [0.1, 0.15) is 21.8 Å². The van der Waals surface area contributed by atoms with E-state index in [0.717, 1.165) is 18.2 Å². The molecule has 0 aliphatic carbocycles. The van der Waals surface area contributed by atoms with E-state index in [4.69, 9.17) is 11.6 Å². The lowest BCUT2D eigenvalue weighted by molar-refractivity contribution is -0.383. The number of nitrogens with zero attached hydrogens (tertiary/aromatic N) is 2. The lowest BCUT2D eigenvalue weighted by atomic mass is 9.93. The number of carbonyl (C=O) groups is 2. The van der Waals surface area contributed by atoms with E-state index >= 15 is 0 Å². The number of aromatic carboxylic acids is 1. The summed E-state index contributed by atoms with van der Waals surface area (Å²) in [5.41, 5.74) is -1.01. The Balaban J connectivity index is 2.37. The van der Waals surface area contributed by atoms with Crippen molar-refractivity contribution in [2.24, 2.45) is 0 Å². The van der Waals surface area contributed by atoms with Gasteiger partial charge in [-0.15, -0.1) is 11.6 Å². The molecule has 11 heteroatoms. The Morgan fingerprint density at radius 2 is 1.93 bits per heavy atom. The summed E-state index contributed by atoms with van der Waals surface area (Å²) in [5, 5.41) is 22.6. The first-order valence-electron chi connectivity index (χ1n) is 7.47. The Morgan fingerprint density at radius 1 is 1.26 bits per heavy atom. The van der Waals surface area contributed by atoms with Gasteiger partial charge < -0.3 is 14.8 Å².